The second-order valence-electron chi connectivity index (χ2n) is 12.0. The number of anilines is 1. The van der Waals surface area contributed by atoms with Gasteiger partial charge < -0.3 is 24.4 Å². The molecule has 0 saturated carbocycles. The van der Waals surface area contributed by atoms with Crippen LogP contribution in [0.25, 0.3) is 0 Å². The van der Waals surface area contributed by atoms with Crippen LogP contribution in [-0.4, -0.2) is 92.9 Å². The van der Waals surface area contributed by atoms with E-state index in [1.807, 2.05) is 6.92 Å². The molecular formula is C32H43ClF3N3O7S. The number of carbonyl (C=O) groups excluding carboxylic acids is 2. The van der Waals surface area contributed by atoms with Crippen LogP contribution in [0.2, 0.25) is 5.02 Å². The first-order valence-electron chi connectivity index (χ1n) is 15.4. The van der Waals surface area contributed by atoms with Crippen LogP contribution in [0.4, 0.5) is 18.9 Å². The molecule has 2 aromatic carbocycles. The molecule has 0 unspecified atom stereocenters. The van der Waals surface area contributed by atoms with E-state index in [1.54, 1.807) is 13.8 Å². The van der Waals surface area contributed by atoms with Gasteiger partial charge in [-0.2, -0.15) is 13.2 Å². The molecule has 4 atom stereocenters. The van der Waals surface area contributed by atoms with Crippen molar-refractivity contribution in [1.29, 1.82) is 0 Å². The van der Waals surface area contributed by atoms with E-state index in [4.69, 9.17) is 21.1 Å². The molecule has 2 amide bonds. The molecule has 47 heavy (non-hydrogen) atoms. The lowest BCUT2D eigenvalue weighted by atomic mass is 10.0. The highest BCUT2D eigenvalue weighted by Gasteiger charge is 2.32. The number of rotatable bonds is 9. The van der Waals surface area contributed by atoms with Crippen molar-refractivity contribution in [1.82, 2.24) is 9.80 Å². The Labute approximate surface area is 279 Å². The Morgan fingerprint density at radius 3 is 2.49 bits per heavy atom. The first kappa shape index (κ1) is 38.4. The Morgan fingerprint density at radius 1 is 1.17 bits per heavy atom. The molecule has 10 nitrogen and oxygen atoms in total. The number of amides is 2. The van der Waals surface area contributed by atoms with E-state index in [1.165, 1.54) is 59.3 Å². The third-order valence-electron chi connectivity index (χ3n) is 7.93. The van der Waals surface area contributed by atoms with Crippen molar-refractivity contribution in [2.75, 3.05) is 38.1 Å². The summed E-state index contributed by atoms with van der Waals surface area (Å²) < 4.78 is 79.2. The summed E-state index contributed by atoms with van der Waals surface area (Å²) in [4.78, 5) is 29.3. The fraction of sp³-hybridized carbons (Fsp3) is 0.562. The summed E-state index contributed by atoms with van der Waals surface area (Å²) in [5.41, 5.74) is 0.170. The molecule has 0 bridgehead atoms. The minimum absolute atomic E-state index is 0.000119. The number of sulfonamides is 1. The van der Waals surface area contributed by atoms with Crippen LogP contribution in [0.15, 0.2) is 47.4 Å². The van der Waals surface area contributed by atoms with Crippen molar-refractivity contribution in [2.45, 2.75) is 82.2 Å². The number of fused-ring (bicyclic) bond motifs is 1. The lowest BCUT2D eigenvalue weighted by molar-refractivity contribution is -0.149. The number of hydrogen-bond acceptors (Lipinski definition) is 7. The maximum Gasteiger partial charge on any atom is 0.389 e. The molecule has 3 rings (SSSR count). The Balaban J connectivity index is 1.95. The molecule has 1 aliphatic rings. The number of alkyl halides is 3. The van der Waals surface area contributed by atoms with Crippen LogP contribution in [0, 0.1) is 5.92 Å². The summed E-state index contributed by atoms with van der Waals surface area (Å²) in [6, 6.07) is 9.30. The zero-order chi connectivity index (χ0) is 34.9. The molecule has 0 aliphatic carbocycles. The van der Waals surface area contributed by atoms with Crippen molar-refractivity contribution in [3.8, 4) is 5.75 Å². The molecule has 0 fully saturated rings. The monoisotopic (exact) mass is 705 g/mol. The number of nitrogens with one attached hydrogen (secondary N) is 1. The molecule has 2 N–H and O–H groups in total. The number of nitrogens with zero attached hydrogens (tertiary/aromatic N) is 2. The predicted octanol–water partition coefficient (Wildman–Crippen LogP) is 5.74. The highest BCUT2D eigenvalue weighted by molar-refractivity contribution is 7.92. The van der Waals surface area contributed by atoms with Gasteiger partial charge in [0.2, 0.25) is 5.91 Å². The maximum atomic E-state index is 14.2. The summed E-state index contributed by atoms with van der Waals surface area (Å²) in [5, 5.41) is 10.5. The second kappa shape index (κ2) is 16.8. The molecule has 1 heterocycles. The SMILES string of the molecule is C[C@@H]1CCCCO[C@@H](CN(C)C(=O)CCC(F)(F)F)[C@H](C)CN([C@H](C)CO)C(=O)c2cc(NS(=O)(=O)c3ccc(Cl)cc3)ccc2O1. The Morgan fingerprint density at radius 2 is 1.85 bits per heavy atom. The van der Waals surface area contributed by atoms with Crippen LogP contribution >= 0.6 is 11.6 Å². The summed E-state index contributed by atoms with van der Waals surface area (Å²) in [6.07, 6.45) is -5.37. The first-order chi connectivity index (χ1) is 22.0. The first-order valence-corrected chi connectivity index (χ1v) is 17.3. The smallest absolute Gasteiger partial charge is 0.389 e. The summed E-state index contributed by atoms with van der Waals surface area (Å²) >= 11 is 5.91. The minimum Gasteiger partial charge on any atom is -0.490 e. The average Bonchev–Trinajstić information content (AvgIpc) is 3.00. The largest absolute Gasteiger partial charge is 0.490 e. The quantitative estimate of drug-likeness (QED) is 0.341. The van der Waals surface area contributed by atoms with Gasteiger partial charge in [-0.25, -0.2) is 8.42 Å². The van der Waals surface area contributed by atoms with Crippen molar-refractivity contribution >= 4 is 39.1 Å². The Bertz CT molecular complexity index is 1460. The van der Waals surface area contributed by atoms with E-state index in [9.17, 15) is 36.3 Å². The van der Waals surface area contributed by atoms with E-state index in [0.717, 1.165) is 0 Å². The van der Waals surface area contributed by atoms with Gasteiger partial charge in [0.15, 0.2) is 0 Å². The van der Waals surface area contributed by atoms with Crippen LogP contribution in [0.3, 0.4) is 0 Å². The molecular weight excluding hydrogens is 663 g/mol. The summed E-state index contributed by atoms with van der Waals surface area (Å²) in [5.74, 6) is -1.41. The number of hydrogen-bond donors (Lipinski definition) is 2. The van der Waals surface area contributed by atoms with Crippen molar-refractivity contribution in [3.63, 3.8) is 0 Å². The van der Waals surface area contributed by atoms with Crippen LogP contribution in [0.1, 0.15) is 63.2 Å². The highest BCUT2D eigenvalue weighted by atomic mass is 35.5. The number of aliphatic hydroxyl groups is 1. The molecule has 0 radical (unpaired) electrons. The van der Waals surface area contributed by atoms with Gasteiger partial charge in [-0.1, -0.05) is 18.5 Å². The fourth-order valence-corrected chi connectivity index (χ4v) is 6.26. The molecule has 0 saturated heterocycles. The van der Waals surface area contributed by atoms with Crippen LogP contribution in [0.5, 0.6) is 5.75 Å². The van der Waals surface area contributed by atoms with E-state index in [2.05, 4.69) is 4.72 Å². The number of benzene rings is 2. The van der Waals surface area contributed by atoms with Gasteiger partial charge in [-0.15, -0.1) is 0 Å². The topological polar surface area (TPSA) is 125 Å². The van der Waals surface area contributed by atoms with Gasteiger partial charge in [0.25, 0.3) is 15.9 Å². The third kappa shape index (κ3) is 11.5. The normalized spacial score (nSPS) is 20.8. The van der Waals surface area contributed by atoms with Crippen molar-refractivity contribution < 1.29 is 45.8 Å². The molecule has 1 aliphatic heterocycles. The number of halogens is 4. The van der Waals surface area contributed by atoms with Crippen molar-refractivity contribution in [3.05, 3.63) is 53.1 Å². The third-order valence-corrected chi connectivity index (χ3v) is 9.58. The van der Waals surface area contributed by atoms with Gasteiger partial charge in [0.1, 0.15) is 5.75 Å². The van der Waals surface area contributed by atoms with E-state index >= 15 is 0 Å². The van der Waals surface area contributed by atoms with Gasteiger partial charge in [-0.3, -0.25) is 14.3 Å². The number of carbonyl (C=O) groups is 2. The zero-order valence-electron chi connectivity index (χ0n) is 26.9. The molecule has 0 spiro atoms. The predicted molar refractivity (Wildman–Crippen MR) is 172 cm³/mol. The summed E-state index contributed by atoms with van der Waals surface area (Å²) in [6.45, 7) is 5.26. The van der Waals surface area contributed by atoms with Crippen molar-refractivity contribution in [2.24, 2.45) is 5.92 Å². The molecule has 15 heteroatoms. The average molecular weight is 706 g/mol. The van der Waals surface area contributed by atoms with Gasteiger partial charge in [0.05, 0.1) is 41.7 Å². The van der Waals surface area contributed by atoms with Gasteiger partial charge >= 0.3 is 6.18 Å². The molecule has 262 valence electrons. The standard InChI is InChI=1S/C32H43ClF3N3O7S/c1-21-18-39(22(2)20-40)31(42)27-17-25(37-47(43,44)26-11-8-24(33)9-12-26)10-13-28(27)46-23(3)7-5-6-16-45-29(21)19-38(4)30(41)14-15-32(34,35)36/h8-13,17,21-23,29,37,40H,5-7,14-16,18-20H2,1-4H3/t21-,22-,23-,29+/m1/s1. The van der Waals surface area contributed by atoms with E-state index in [-0.39, 0.29) is 41.1 Å². The summed E-state index contributed by atoms with van der Waals surface area (Å²) in [7, 11) is -2.62. The number of aliphatic hydroxyl groups excluding tert-OH is 1. The Kier molecular flexibility index (Phi) is 13.8. The van der Waals surface area contributed by atoms with Gasteiger partial charge in [0, 0.05) is 49.8 Å². The second-order valence-corrected chi connectivity index (χ2v) is 14.1. The lowest BCUT2D eigenvalue weighted by Gasteiger charge is -2.36. The Hall–Kier alpha value is -3.07. The maximum absolute atomic E-state index is 14.2. The number of ether oxygens (including phenoxy) is 2. The zero-order valence-corrected chi connectivity index (χ0v) is 28.5. The number of likely N-dealkylation sites (N-methyl/N-ethyl adjacent to an activating group) is 1. The highest BCUT2D eigenvalue weighted by Crippen LogP contribution is 2.30. The van der Waals surface area contributed by atoms with E-state index in [0.29, 0.717) is 30.9 Å². The molecule has 2 aromatic rings. The van der Waals surface area contributed by atoms with Gasteiger partial charge in [-0.05, 0) is 75.6 Å². The van der Waals surface area contributed by atoms with E-state index < -0.39 is 65.5 Å². The fourth-order valence-electron chi connectivity index (χ4n) is 5.09. The molecule has 0 aromatic heterocycles. The minimum atomic E-state index is -4.46. The van der Waals surface area contributed by atoms with Crippen LogP contribution < -0.4 is 9.46 Å². The van der Waals surface area contributed by atoms with Crippen LogP contribution in [-0.2, 0) is 19.6 Å². The lowest BCUT2D eigenvalue weighted by Crippen LogP contribution is -2.48.